The van der Waals surface area contributed by atoms with Crippen LogP contribution in [0.4, 0.5) is 5.69 Å². The van der Waals surface area contributed by atoms with E-state index in [2.05, 4.69) is 31.4 Å². The van der Waals surface area contributed by atoms with E-state index in [0.717, 1.165) is 31.2 Å². The topological polar surface area (TPSA) is 87.7 Å². The summed E-state index contributed by atoms with van der Waals surface area (Å²) in [6, 6.07) is 6.94. The number of benzene rings is 1. The van der Waals surface area contributed by atoms with Crippen LogP contribution < -0.4 is 10.6 Å². The summed E-state index contributed by atoms with van der Waals surface area (Å²) in [6.45, 7) is 8.97. The molecule has 2 saturated heterocycles. The van der Waals surface area contributed by atoms with Crippen LogP contribution in [0.2, 0.25) is 0 Å². The molecular weight excluding hydrogens is 454 g/mol. The summed E-state index contributed by atoms with van der Waals surface area (Å²) in [5, 5.41) is 6.29. The molecule has 1 aromatic carbocycles. The third-order valence-corrected chi connectivity index (χ3v) is 9.00. The minimum absolute atomic E-state index is 0.0859. The standard InChI is InChI=1S/C29H39N3O4/c1-5-6-15-32-25(27(34)31-21-12-8-10-18(3)19(21)4)29-14-13-22(36-29)23(24(29)28(32)35)26(33)30-20-11-7-9-17(2)16-20/h7,9,11,13-14,16,18-19,21-25H,5-6,8,10,12,15H2,1-4H3,(H,30,33)(H,31,34). The van der Waals surface area contributed by atoms with Gasteiger partial charge in [-0.3, -0.25) is 14.4 Å². The van der Waals surface area contributed by atoms with E-state index in [4.69, 9.17) is 4.74 Å². The third-order valence-electron chi connectivity index (χ3n) is 9.00. The summed E-state index contributed by atoms with van der Waals surface area (Å²) < 4.78 is 6.44. The number of carbonyl (C=O) groups is 3. The van der Waals surface area contributed by atoms with E-state index in [1.807, 2.05) is 43.3 Å². The van der Waals surface area contributed by atoms with Crippen molar-refractivity contribution in [1.29, 1.82) is 0 Å². The Morgan fingerprint density at radius 3 is 2.75 bits per heavy atom. The minimum Gasteiger partial charge on any atom is -0.359 e. The van der Waals surface area contributed by atoms with Gasteiger partial charge in [0.25, 0.3) is 0 Å². The van der Waals surface area contributed by atoms with Crippen molar-refractivity contribution in [3.05, 3.63) is 42.0 Å². The Kier molecular flexibility index (Phi) is 6.70. The van der Waals surface area contributed by atoms with E-state index in [0.29, 0.717) is 24.1 Å². The molecule has 8 atom stereocenters. The SMILES string of the molecule is CCCCN1C(=O)C2C(C(=O)Nc3cccc(C)c3)C3C=CC2(O3)C1C(=O)NC1CCCC(C)C1C. The van der Waals surface area contributed by atoms with Crippen LogP contribution >= 0.6 is 0 Å². The first kappa shape index (κ1) is 25.0. The number of unbranched alkanes of at least 4 members (excludes halogenated alkanes) is 1. The maximum absolute atomic E-state index is 13.9. The molecule has 3 amide bonds. The molecule has 1 aliphatic carbocycles. The molecule has 7 heteroatoms. The number of fused-ring (bicyclic) bond motifs is 1. The number of anilines is 1. The highest BCUT2D eigenvalue weighted by Gasteiger charge is 2.72. The fourth-order valence-electron chi connectivity index (χ4n) is 6.83. The van der Waals surface area contributed by atoms with E-state index >= 15 is 0 Å². The van der Waals surface area contributed by atoms with Crippen molar-refractivity contribution < 1.29 is 19.1 Å². The zero-order valence-electron chi connectivity index (χ0n) is 21.8. The molecule has 0 radical (unpaired) electrons. The van der Waals surface area contributed by atoms with Gasteiger partial charge in [0.2, 0.25) is 17.7 Å². The van der Waals surface area contributed by atoms with Gasteiger partial charge in [-0.1, -0.05) is 64.3 Å². The highest BCUT2D eigenvalue weighted by molar-refractivity contribution is 6.02. The summed E-state index contributed by atoms with van der Waals surface area (Å²) in [5.41, 5.74) is 0.639. The maximum Gasteiger partial charge on any atom is 0.246 e. The number of hydrogen-bond donors (Lipinski definition) is 2. The van der Waals surface area contributed by atoms with E-state index < -0.39 is 29.6 Å². The highest BCUT2D eigenvalue weighted by Crippen LogP contribution is 2.55. The Bertz CT molecular complexity index is 1070. The first-order valence-corrected chi connectivity index (χ1v) is 13.6. The van der Waals surface area contributed by atoms with Crippen LogP contribution in [0.5, 0.6) is 0 Å². The Hall–Kier alpha value is -2.67. The van der Waals surface area contributed by atoms with Gasteiger partial charge in [0.15, 0.2) is 0 Å². The van der Waals surface area contributed by atoms with E-state index in [-0.39, 0.29) is 23.8 Å². The Morgan fingerprint density at radius 2 is 2.00 bits per heavy atom. The average Bonchev–Trinajstić information content (AvgIpc) is 3.48. The molecule has 0 aromatic heterocycles. The van der Waals surface area contributed by atoms with Crippen molar-refractivity contribution >= 4 is 23.4 Å². The van der Waals surface area contributed by atoms with Gasteiger partial charge in [-0.25, -0.2) is 0 Å². The van der Waals surface area contributed by atoms with Crippen molar-refractivity contribution in [2.75, 3.05) is 11.9 Å². The lowest BCUT2D eigenvalue weighted by Crippen LogP contribution is -2.58. The van der Waals surface area contributed by atoms with Gasteiger partial charge >= 0.3 is 0 Å². The predicted octanol–water partition coefficient (Wildman–Crippen LogP) is 3.83. The molecule has 8 unspecified atom stereocenters. The van der Waals surface area contributed by atoms with Crippen molar-refractivity contribution in [3.8, 4) is 0 Å². The zero-order chi connectivity index (χ0) is 25.6. The van der Waals surface area contributed by atoms with Crippen molar-refractivity contribution in [1.82, 2.24) is 10.2 Å². The molecule has 2 bridgehead atoms. The fraction of sp³-hybridized carbons (Fsp3) is 0.621. The molecule has 4 aliphatic rings. The van der Waals surface area contributed by atoms with Gasteiger partial charge in [-0.05, 0) is 49.3 Å². The number of nitrogens with zero attached hydrogens (tertiary/aromatic N) is 1. The van der Waals surface area contributed by atoms with Gasteiger partial charge in [0, 0.05) is 18.3 Å². The predicted molar refractivity (Wildman–Crippen MR) is 138 cm³/mol. The van der Waals surface area contributed by atoms with Crippen LogP contribution in [0.25, 0.3) is 0 Å². The Labute approximate surface area is 214 Å². The number of carbonyl (C=O) groups excluding carboxylic acids is 3. The zero-order valence-corrected chi connectivity index (χ0v) is 21.8. The van der Waals surface area contributed by atoms with Crippen molar-refractivity contribution in [2.45, 2.75) is 83.6 Å². The molecule has 194 valence electrons. The lowest BCUT2D eigenvalue weighted by atomic mass is 9.73. The average molecular weight is 494 g/mol. The second-order valence-electron chi connectivity index (χ2n) is 11.3. The monoisotopic (exact) mass is 493 g/mol. The summed E-state index contributed by atoms with van der Waals surface area (Å²) in [4.78, 5) is 43.0. The van der Waals surface area contributed by atoms with Crippen LogP contribution in [0, 0.1) is 30.6 Å². The molecule has 1 saturated carbocycles. The van der Waals surface area contributed by atoms with Crippen LogP contribution in [0.1, 0.15) is 58.4 Å². The second-order valence-corrected chi connectivity index (χ2v) is 11.3. The molecule has 1 aromatic rings. The summed E-state index contributed by atoms with van der Waals surface area (Å²) >= 11 is 0. The number of hydrogen-bond acceptors (Lipinski definition) is 4. The first-order chi connectivity index (χ1) is 17.3. The Balaban J connectivity index is 1.43. The van der Waals surface area contributed by atoms with Gasteiger partial charge in [-0.2, -0.15) is 0 Å². The van der Waals surface area contributed by atoms with Crippen LogP contribution in [0.3, 0.4) is 0 Å². The van der Waals surface area contributed by atoms with Gasteiger partial charge < -0.3 is 20.3 Å². The van der Waals surface area contributed by atoms with Gasteiger partial charge in [0.1, 0.15) is 11.6 Å². The molecule has 5 rings (SSSR count). The molecule has 3 heterocycles. The molecule has 2 N–H and O–H groups in total. The van der Waals surface area contributed by atoms with Crippen molar-refractivity contribution in [3.63, 3.8) is 0 Å². The molecular formula is C29H39N3O4. The summed E-state index contributed by atoms with van der Waals surface area (Å²) in [5.74, 6) is -0.985. The number of rotatable bonds is 7. The summed E-state index contributed by atoms with van der Waals surface area (Å²) in [7, 11) is 0. The first-order valence-electron chi connectivity index (χ1n) is 13.6. The van der Waals surface area contributed by atoms with E-state index in [1.54, 1.807) is 4.90 Å². The molecule has 7 nitrogen and oxygen atoms in total. The molecule has 36 heavy (non-hydrogen) atoms. The fourth-order valence-corrected chi connectivity index (χ4v) is 6.83. The molecule has 1 spiro atoms. The normalized spacial score (nSPS) is 36.7. The second kappa shape index (κ2) is 9.66. The highest BCUT2D eigenvalue weighted by atomic mass is 16.5. The van der Waals surface area contributed by atoms with E-state index in [1.165, 1.54) is 6.42 Å². The largest absolute Gasteiger partial charge is 0.359 e. The van der Waals surface area contributed by atoms with Crippen LogP contribution in [-0.4, -0.2) is 53.0 Å². The molecule has 3 fully saturated rings. The van der Waals surface area contributed by atoms with Crippen molar-refractivity contribution in [2.24, 2.45) is 23.7 Å². The molecule has 3 aliphatic heterocycles. The van der Waals surface area contributed by atoms with Gasteiger partial charge in [0.05, 0.1) is 17.9 Å². The lowest BCUT2D eigenvalue weighted by molar-refractivity contribution is -0.141. The van der Waals surface area contributed by atoms with Gasteiger partial charge in [-0.15, -0.1) is 0 Å². The smallest absolute Gasteiger partial charge is 0.246 e. The minimum atomic E-state index is -1.10. The third kappa shape index (κ3) is 4.05. The Morgan fingerprint density at radius 1 is 1.19 bits per heavy atom. The number of amides is 3. The number of ether oxygens (including phenoxy) is 1. The number of nitrogens with one attached hydrogen (secondary N) is 2. The van der Waals surface area contributed by atoms with Crippen LogP contribution in [0.15, 0.2) is 36.4 Å². The maximum atomic E-state index is 13.9. The lowest BCUT2D eigenvalue weighted by Gasteiger charge is -2.38. The van der Waals surface area contributed by atoms with Crippen LogP contribution in [-0.2, 0) is 19.1 Å². The quantitative estimate of drug-likeness (QED) is 0.565. The number of aryl methyl sites for hydroxylation is 1. The van der Waals surface area contributed by atoms with E-state index in [9.17, 15) is 14.4 Å². The number of likely N-dealkylation sites (tertiary alicyclic amines) is 1. The summed E-state index contributed by atoms with van der Waals surface area (Å²) in [6.07, 6.45) is 8.17.